The lowest BCUT2D eigenvalue weighted by Gasteiger charge is -2.46. The Morgan fingerprint density at radius 2 is 1.76 bits per heavy atom. The molecule has 1 heterocycles. The van der Waals surface area contributed by atoms with Crippen molar-refractivity contribution in [3.63, 3.8) is 0 Å². The Kier molecular flexibility index (Phi) is 4.86. The van der Waals surface area contributed by atoms with Gasteiger partial charge >= 0.3 is 0 Å². The molecule has 1 aliphatic rings. The number of hydrogen-bond acceptors (Lipinski definition) is 2. The molecule has 5 heteroatoms. The lowest BCUT2D eigenvalue weighted by molar-refractivity contribution is 0.0872. The van der Waals surface area contributed by atoms with Crippen LogP contribution in [0.1, 0.15) is 50.9 Å². The van der Waals surface area contributed by atoms with E-state index in [1.54, 1.807) is 0 Å². The summed E-state index contributed by atoms with van der Waals surface area (Å²) in [5, 5.41) is 6.81. The molecule has 1 amide bonds. The first kappa shape index (κ1) is 17.0. The average molecular weight is 418 g/mol. The van der Waals surface area contributed by atoms with Gasteiger partial charge in [0.2, 0.25) is 0 Å². The third-order valence-electron chi connectivity index (χ3n) is 3.70. The normalized spacial score (nSPS) is 21.0. The summed E-state index contributed by atoms with van der Waals surface area (Å²) in [6.45, 7) is 8.73. The van der Waals surface area contributed by atoms with Crippen LogP contribution in [0, 0.1) is 0 Å². The van der Waals surface area contributed by atoms with E-state index in [4.69, 9.17) is 0 Å². The molecular formula is C16H22Br2N2O. The van der Waals surface area contributed by atoms with Gasteiger partial charge in [-0.1, -0.05) is 15.9 Å². The number of piperidine rings is 1. The van der Waals surface area contributed by atoms with Crippen LogP contribution in [0.25, 0.3) is 0 Å². The lowest BCUT2D eigenvalue weighted by Crippen LogP contribution is -2.62. The molecule has 0 spiro atoms. The summed E-state index contributed by atoms with van der Waals surface area (Å²) in [6, 6.07) is 5.79. The highest BCUT2D eigenvalue weighted by Gasteiger charge is 2.38. The number of carbonyl (C=O) groups is 1. The minimum Gasteiger partial charge on any atom is -0.349 e. The van der Waals surface area contributed by atoms with E-state index in [-0.39, 0.29) is 23.0 Å². The molecule has 21 heavy (non-hydrogen) atoms. The predicted molar refractivity (Wildman–Crippen MR) is 93.6 cm³/mol. The summed E-state index contributed by atoms with van der Waals surface area (Å²) in [6.07, 6.45) is 1.85. The van der Waals surface area contributed by atoms with Gasteiger partial charge in [0.1, 0.15) is 0 Å². The molecule has 0 saturated carbocycles. The summed E-state index contributed by atoms with van der Waals surface area (Å²) in [5.74, 6) is -0.0205. The monoisotopic (exact) mass is 416 g/mol. The molecule has 2 rings (SSSR count). The van der Waals surface area contributed by atoms with E-state index in [2.05, 4.69) is 70.2 Å². The first-order valence-corrected chi connectivity index (χ1v) is 8.72. The Balaban J connectivity index is 2.12. The zero-order valence-corrected chi connectivity index (χ0v) is 16.1. The minimum atomic E-state index is -0.0205. The Hall–Kier alpha value is -0.390. The molecule has 1 fully saturated rings. The Morgan fingerprint density at radius 3 is 2.29 bits per heavy atom. The molecule has 0 radical (unpaired) electrons. The van der Waals surface area contributed by atoms with Crippen molar-refractivity contribution in [1.82, 2.24) is 10.6 Å². The second kappa shape index (κ2) is 6.01. The number of carbonyl (C=O) groups excluding carboxylic acids is 1. The number of amides is 1. The average Bonchev–Trinajstić information content (AvgIpc) is 2.23. The number of hydrogen-bond donors (Lipinski definition) is 2. The van der Waals surface area contributed by atoms with Crippen molar-refractivity contribution in [3.8, 4) is 0 Å². The van der Waals surface area contributed by atoms with Crippen molar-refractivity contribution in [1.29, 1.82) is 0 Å². The van der Waals surface area contributed by atoms with Crippen LogP contribution in [0.15, 0.2) is 27.1 Å². The second-order valence-corrected chi connectivity index (χ2v) is 8.87. The number of halogens is 2. The maximum Gasteiger partial charge on any atom is 0.252 e. The van der Waals surface area contributed by atoms with E-state index in [0.717, 1.165) is 21.8 Å². The zero-order chi connectivity index (χ0) is 15.8. The van der Waals surface area contributed by atoms with E-state index in [9.17, 15) is 4.79 Å². The molecular weight excluding hydrogens is 396 g/mol. The topological polar surface area (TPSA) is 41.1 Å². The van der Waals surface area contributed by atoms with Crippen molar-refractivity contribution in [3.05, 3.63) is 32.7 Å². The van der Waals surface area contributed by atoms with Crippen molar-refractivity contribution in [2.45, 2.75) is 57.7 Å². The molecule has 2 N–H and O–H groups in total. The van der Waals surface area contributed by atoms with E-state index in [0.29, 0.717) is 5.56 Å². The van der Waals surface area contributed by atoms with Crippen LogP contribution in [-0.4, -0.2) is 23.0 Å². The summed E-state index contributed by atoms with van der Waals surface area (Å²) < 4.78 is 1.76. The van der Waals surface area contributed by atoms with Crippen molar-refractivity contribution in [2.75, 3.05) is 0 Å². The third-order valence-corrected chi connectivity index (χ3v) is 4.85. The maximum absolute atomic E-state index is 12.5. The zero-order valence-electron chi connectivity index (χ0n) is 12.9. The summed E-state index contributed by atoms with van der Waals surface area (Å²) in [7, 11) is 0. The lowest BCUT2D eigenvalue weighted by atomic mass is 9.79. The molecule has 0 unspecified atom stereocenters. The number of benzene rings is 1. The molecule has 116 valence electrons. The highest BCUT2D eigenvalue weighted by molar-refractivity contribution is 9.11. The first-order chi connectivity index (χ1) is 9.58. The van der Waals surface area contributed by atoms with Gasteiger partial charge < -0.3 is 10.6 Å². The SMILES string of the molecule is CC1(C)CC(NC(=O)c2ccc(Br)cc2Br)CC(C)(C)N1. The van der Waals surface area contributed by atoms with Gasteiger partial charge in [-0.25, -0.2) is 0 Å². The van der Waals surface area contributed by atoms with Crippen LogP contribution < -0.4 is 10.6 Å². The predicted octanol–water partition coefficient (Wildman–Crippen LogP) is 4.25. The Labute approximate surface area is 143 Å². The van der Waals surface area contributed by atoms with E-state index in [1.165, 1.54) is 0 Å². The maximum atomic E-state index is 12.5. The van der Waals surface area contributed by atoms with Crippen LogP contribution >= 0.6 is 31.9 Å². The van der Waals surface area contributed by atoms with E-state index < -0.39 is 0 Å². The molecule has 1 aromatic rings. The number of nitrogens with one attached hydrogen (secondary N) is 2. The highest BCUT2D eigenvalue weighted by Crippen LogP contribution is 2.29. The smallest absolute Gasteiger partial charge is 0.252 e. The van der Waals surface area contributed by atoms with Crippen molar-refractivity contribution >= 4 is 37.8 Å². The van der Waals surface area contributed by atoms with E-state index in [1.807, 2.05) is 18.2 Å². The molecule has 1 aromatic carbocycles. The fourth-order valence-electron chi connectivity index (χ4n) is 3.36. The molecule has 1 aliphatic heterocycles. The Bertz CT molecular complexity index is 539. The fraction of sp³-hybridized carbons (Fsp3) is 0.562. The Morgan fingerprint density at radius 1 is 1.19 bits per heavy atom. The van der Waals surface area contributed by atoms with Crippen LogP contribution in [0.3, 0.4) is 0 Å². The largest absolute Gasteiger partial charge is 0.349 e. The molecule has 0 atom stereocenters. The van der Waals surface area contributed by atoms with Gasteiger partial charge in [-0.15, -0.1) is 0 Å². The summed E-state index contributed by atoms with van der Waals surface area (Å²) in [4.78, 5) is 12.5. The van der Waals surface area contributed by atoms with Gasteiger partial charge in [-0.3, -0.25) is 4.79 Å². The molecule has 0 bridgehead atoms. The molecule has 0 aromatic heterocycles. The molecule has 3 nitrogen and oxygen atoms in total. The fourth-order valence-corrected chi connectivity index (χ4v) is 4.59. The van der Waals surface area contributed by atoms with Crippen molar-refractivity contribution < 1.29 is 4.79 Å². The minimum absolute atomic E-state index is 0.0205. The van der Waals surface area contributed by atoms with Crippen LogP contribution in [0.2, 0.25) is 0 Å². The third kappa shape index (κ3) is 4.54. The van der Waals surface area contributed by atoms with Crippen molar-refractivity contribution in [2.24, 2.45) is 0 Å². The van der Waals surface area contributed by atoms with Gasteiger partial charge in [0, 0.05) is 26.1 Å². The molecule has 0 aliphatic carbocycles. The van der Waals surface area contributed by atoms with Gasteiger partial charge in [0.05, 0.1) is 5.56 Å². The van der Waals surface area contributed by atoms with Gasteiger partial charge in [-0.2, -0.15) is 0 Å². The van der Waals surface area contributed by atoms with Crippen LogP contribution in [-0.2, 0) is 0 Å². The molecule has 1 saturated heterocycles. The number of rotatable bonds is 2. The standard InChI is InChI=1S/C16H22Br2N2O/c1-15(2)8-11(9-16(3,4)20-15)19-14(21)12-6-5-10(17)7-13(12)18/h5-7,11,20H,8-9H2,1-4H3,(H,19,21). The van der Waals surface area contributed by atoms with E-state index >= 15 is 0 Å². The first-order valence-electron chi connectivity index (χ1n) is 7.13. The second-order valence-electron chi connectivity index (χ2n) is 7.10. The highest BCUT2D eigenvalue weighted by atomic mass is 79.9. The van der Waals surface area contributed by atoms with Crippen LogP contribution in [0.5, 0.6) is 0 Å². The van der Waals surface area contributed by atoms with Crippen LogP contribution in [0.4, 0.5) is 0 Å². The quantitative estimate of drug-likeness (QED) is 0.754. The summed E-state index contributed by atoms with van der Waals surface area (Å²) >= 11 is 6.86. The van der Waals surface area contributed by atoms with Gasteiger partial charge in [-0.05, 0) is 74.7 Å². The van der Waals surface area contributed by atoms with Gasteiger partial charge in [0.25, 0.3) is 5.91 Å². The van der Waals surface area contributed by atoms with Gasteiger partial charge in [0.15, 0.2) is 0 Å². The summed E-state index contributed by atoms with van der Waals surface area (Å²) in [5.41, 5.74) is 0.722.